The van der Waals surface area contributed by atoms with Gasteiger partial charge in [0, 0.05) is 25.2 Å². The highest BCUT2D eigenvalue weighted by Gasteiger charge is 2.23. The molecule has 2 heterocycles. The van der Waals surface area contributed by atoms with E-state index >= 15 is 0 Å². The number of thiazole rings is 1. The van der Waals surface area contributed by atoms with E-state index in [9.17, 15) is 4.79 Å². The van der Waals surface area contributed by atoms with Crippen LogP contribution in [-0.4, -0.2) is 24.0 Å². The number of nitrogens with one attached hydrogen (secondary N) is 1. The maximum Gasteiger partial charge on any atom is 0.264 e. The lowest BCUT2D eigenvalue weighted by Crippen LogP contribution is -2.29. The number of hydrogen-bond donors (Lipinski definition) is 1. The fourth-order valence-electron chi connectivity index (χ4n) is 3.33. The molecule has 138 valence electrons. The van der Waals surface area contributed by atoms with Crippen LogP contribution in [0.25, 0.3) is 11.3 Å². The highest BCUT2D eigenvalue weighted by atomic mass is 32.1. The van der Waals surface area contributed by atoms with E-state index in [-0.39, 0.29) is 5.91 Å². The lowest BCUT2D eigenvalue weighted by Gasteiger charge is -2.25. The molecule has 1 amide bonds. The molecule has 0 spiro atoms. The summed E-state index contributed by atoms with van der Waals surface area (Å²) in [6, 6.07) is 20.0. The topological polar surface area (TPSA) is 45.2 Å². The number of hydrogen-bond acceptors (Lipinski definition) is 4. The van der Waals surface area contributed by atoms with Gasteiger partial charge in [0.05, 0.1) is 5.69 Å². The van der Waals surface area contributed by atoms with Gasteiger partial charge in [-0.05, 0) is 24.8 Å². The lowest BCUT2D eigenvalue weighted by molar-refractivity contribution is 0.0955. The summed E-state index contributed by atoms with van der Waals surface area (Å²) < 4.78 is 0. The van der Waals surface area contributed by atoms with Crippen molar-refractivity contribution in [3.8, 4) is 11.3 Å². The number of benzene rings is 2. The molecule has 0 bridgehead atoms. The van der Waals surface area contributed by atoms with E-state index in [0.29, 0.717) is 11.4 Å². The van der Waals surface area contributed by atoms with Crippen molar-refractivity contribution in [2.45, 2.75) is 25.8 Å². The van der Waals surface area contributed by atoms with Gasteiger partial charge in [-0.1, -0.05) is 72.0 Å². The second kappa shape index (κ2) is 8.35. The third-order valence-corrected chi connectivity index (χ3v) is 5.91. The predicted octanol–water partition coefficient (Wildman–Crippen LogP) is 4.73. The molecule has 1 aliphatic heterocycles. The van der Waals surface area contributed by atoms with Gasteiger partial charge in [0.25, 0.3) is 5.91 Å². The first kappa shape index (κ1) is 17.7. The summed E-state index contributed by atoms with van der Waals surface area (Å²) in [6.45, 7) is 2.56. The van der Waals surface area contributed by atoms with Gasteiger partial charge in [-0.2, -0.15) is 0 Å². The molecule has 0 saturated carbocycles. The molecule has 1 aromatic heterocycles. The van der Waals surface area contributed by atoms with E-state index < -0.39 is 0 Å². The smallest absolute Gasteiger partial charge is 0.264 e. The van der Waals surface area contributed by atoms with Crippen molar-refractivity contribution in [1.29, 1.82) is 0 Å². The number of anilines is 1. The zero-order valence-electron chi connectivity index (χ0n) is 15.2. The Labute approximate surface area is 163 Å². The minimum atomic E-state index is -0.0570. The SMILES string of the molecule is O=C(NCc1ccccc1)c1sc(N2CCCCC2)nc1-c1ccccc1. The summed E-state index contributed by atoms with van der Waals surface area (Å²) in [6.07, 6.45) is 3.66. The van der Waals surface area contributed by atoms with Crippen LogP contribution >= 0.6 is 11.3 Å². The highest BCUT2D eigenvalue weighted by molar-refractivity contribution is 7.18. The van der Waals surface area contributed by atoms with Crippen LogP contribution in [0.5, 0.6) is 0 Å². The third-order valence-electron chi connectivity index (χ3n) is 4.79. The van der Waals surface area contributed by atoms with Crippen LogP contribution in [0.3, 0.4) is 0 Å². The second-order valence-corrected chi connectivity index (χ2v) is 7.73. The van der Waals surface area contributed by atoms with E-state index in [4.69, 9.17) is 4.98 Å². The molecule has 0 radical (unpaired) electrons. The average Bonchev–Trinajstić information content (AvgIpc) is 3.20. The molecule has 0 atom stereocenters. The summed E-state index contributed by atoms with van der Waals surface area (Å²) >= 11 is 1.51. The van der Waals surface area contributed by atoms with E-state index in [1.54, 1.807) is 0 Å². The molecule has 3 aromatic rings. The third kappa shape index (κ3) is 4.19. The van der Waals surface area contributed by atoms with Gasteiger partial charge in [-0.25, -0.2) is 4.98 Å². The molecule has 1 fully saturated rings. The monoisotopic (exact) mass is 377 g/mol. The Morgan fingerprint density at radius 2 is 1.63 bits per heavy atom. The van der Waals surface area contributed by atoms with Crippen LogP contribution in [0.1, 0.15) is 34.5 Å². The van der Waals surface area contributed by atoms with Gasteiger partial charge in [0.15, 0.2) is 5.13 Å². The number of carbonyl (C=O) groups is 1. The van der Waals surface area contributed by atoms with Gasteiger partial charge in [-0.15, -0.1) is 0 Å². The van der Waals surface area contributed by atoms with Crippen molar-refractivity contribution in [2.24, 2.45) is 0 Å². The molecule has 5 heteroatoms. The quantitative estimate of drug-likeness (QED) is 0.699. The summed E-state index contributed by atoms with van der Waals surface area (Å²) in [4.78, 5) is 20.8. The van der Waals surface area contributed by atoms with Crippen molar-refractivity contribution in [1.82, 2.24) is 10.3 Å². The Balaban J connectivity index is 1.61. The summed E-state index contributed by atoms with van der Waals surface area (Å²) in [5.41, 5.74) is 2.86. The first-order valence-corrected chi connectivity index (χ1v) is 10.3. The van der Waals surface area contributed by atoms with Gasteiger partial charge in [0.2, 0.25) is 0 Å². The zero-order chi connectivity index (χ0) is 18.5. The minimum Gasteiger partial charge on any atom is -0.348 e. The number of aromatic nitrogens is 1. The van der Waals surface area contributed by atoms with E-state index in [0.717, 1.165) is 35.0 Å². The number of amides is 1. The van der Waals surface area contributed by atoms with Crippen LogP contribution in [0.2, 0.25) is 0 Å². The number of piperidine rings is 1. The van der Waals surface area contributed by atoms with Gasteiger partial charge < -0.3 is 10.2 Å². The fourth-order valence-corrected chi connectivity index (χ4v) is 4.39. The molecule has 1 aliphatic rings. The fraction of sp³-hybridized carbons (Fsp3) is 0.273. The van der Waals surface area contributed by atoms with Crippen LogP contribution in [0, 0.1) is 0 Å². The molecule has 1 saturated heterocycles. The van der Waals surface area contributed by atoms with Gasteiger partial charge >= 0.3 is 0 Å². The van der Waals surface area contributed by atoms with Crippen molar-refractivity contribution < 1.29 is 4.79 Å². The van der Waals surface area contributed by atoms with Crippen LogP contribution < -0.4 is 10.2 Å². The minimum absolute atomic E-state index is 0.0570. The number of carbonyl (C=O) groups excluding carboxylic acids is 1. The zero-order valence-corrected chi connectivity index (χ0v) is 16.0. The Hall–Kier alpha value is -2.66. The van der Waals surface area contributed by atoms with E-state index in [1.165, 1.54) is 30.6 Å². The number of nitrogens with zero attached hydrogens (tertiary/aromatic N) is 2. The predicted molar refractivity (Wildman–Crippen MR) is 111 cm³/mol. The van der Waals surface area contributed by atoms with E-state index in [2.05, 4.69) is 10.2 Å². The summed E-state index contributed by atoms with van der Waals surface area (Å²) in [7, 11) is 0. The molecule has 4 nitrogen and oxygen atoms in total. The molecule has 0 aliphatic carbocycles. The molecular formula is C22H23N3OS. The Morgan fingerprint density at radius 3 is 2.33 bits per heavy atom. The van der Waals surface area contributed by atoms with E-state index in [1.807, 2.05) is 60.7 Å². The van der Waals surface area contributed by atoms with Crippen LogP contribution in [-0.2, 0) is 6.54 Å². The largest absolute Gasteiger partial charge is 0.348 e. The van der Waals surface area contributed by atoms with Crippen molar-refractivity contribution in [3.63, 3.8) is 0 Å². The molecule has 2 aromatic carbocycles. The maximum atomic E-state index is 12.9. The number of rotatable bonds is 5. The second-order valence-electron chi connectivity index (χ2n) is 6.76. The van der Waals surface area contributed by atoms with Crippen molar-refractivity contribution in [3.05, 3.63) is 71.1 Å². The molecule has 0 unspecified atom stereocenters. The lowest BCUT2D eigenvalue weighted by atomic mass is 10.1. The Bertz CT molecular complexity index is 886. The Kier molecular flexibility index (Phi) is 5.49. The van der Waals surface area contributed by atoms with Gasteiger partial charge in [-0.3, -0.25) is 4.79 Å². The van der Waals surface area contributed by atoms with Crippen LogP contribution in [0.15, 0.2) is 60.7 Å². The van der Waals surface area contributed by atoms with Crippen LogP contribution in [0.4, 0.5) is 5.13 Å². The van der Waals surface area contributed by atoms with Gasteiger partial charge in [0.1, 0.15) is 4.88 Å². The standard InChI is InChI=1S/C22H23N3OS/c26-21(23-16-17-10-4-1-5-11-17)20-19(18-12-6-2-7-13-18)24-22(27-20)25-14-8-3-9-15-25/h1-2,4-7,10-13H,3,8-9,14-16H2,(H,23,26). The normalized spacial score (nSPS) is 14.1. The summed E-state index contributed by atoms with van der Waals surface area (Å²) in [5, 5.41) is 4.01. The van der Waals surface area contributed by atoms with Crippen molar-refractivity contribution in [2.75, 3.05) is 18.0 Å². The molecular weight excluding hydrogens is 354 g/mol. The maximum absolute atomic E-state index is 12.9. The van der Waals surface area contributed by atoms with Crippen molar-refractivity contribution >= 4 is 22.4 Å². The highest BCUT2D eigenvalue weighted by Crippen LogP contribution is 2.34. The molecule has 4 rings (SSSR count). The first-order valence-electron chi connectivity index (χ1n) is 9.44. The molecule has 27 heavy (non-hydrogen) atoms. The summed E-state index contributed by atoms with van der Waals surface area (Å²) in [5.74, 6) is -0.0570. The first-order chi connectivity index (χ1) is 13.3. The Morgan fingerprint density at radius 1 is 0.963 bits per heavy atom. The average molecular weight is 378 g/mol. The molecule has 1 N–H and O–H groups in total.